The van der Waals surface area contributed by atoms with E-state index in [0.29, 0.717) is 12.4 Å². The standard InChI is InChI=1S/C19H26O5/c1-4-7-12-24-17-11-9-8-10-15(17)13-16(19(21)23-6-3)14-18(20)22-5-2/h8-11,13H,4-7,12,14H2,1-3H3. The third-order valence-electron chi connectivity index (χ3n) is 3.18. The van der Waals surface area contributed by atoms with Crippen LogP contribution in [-0.4, -0.2) is 31.8 Å². The van der Waals surface area contributed by atoms with Crippen molar-refractivity contribution >= 4 is 18.0 Å². The summed E-state index contributed by atoms with van der Waals surface area (Å²) in [7, 11) is 0. The van der Waals surface area contributed by atoms with Gasteiger partial charge in [-0.1, -0.05) is 31.5 Å². The van der Waals surface area contributed by atoms with Crippen LogP contribution in [0.2, 0.25) is 0 Å². The smallest absolute Gasteiger partial charge is 0.334 e. The minimum Gasteiger partial charge on any atom is -0.493 e. The molecule has 1 aromatic rings. The van der Waals surface area contributed by atoms with Crippen molar-refractivity contribution in [2.45, 2.75) is 40.0 Å². The van der Waals surface area contributed by atoms with Crippen molar-refractivity contribution in [2.24, 2.45) is 0 Å². The molecule has 0 aliphatic carbocycles. The molecule has 0 aliphatic rings. The highest BCUT2D eigenvalue weighted by atomic mass is 16.5. The fourth-order valence-corrected chi connectivity index (χ4v) is 2.02. The highest BCUT2D eigenvalue weighted by Gasteiger charge is 2.17. The van der Waals surface area contributed by atoms with Crippen LogP contribution in [-0.2, 0) is 19.1 Å². The van der Waals surface area contributed by atoms with Crippen LogP contribution in [0.15, 0.2) is 29.8 Å². The second-order valence-electron chi connectivity index (χ2n) is 5.11. The Kier molecular flexibility index (Phi) is 9.27. The Morgan fingerprint density at radius 3 is 2.42 bits per heavy atom. The molecule has 132 valence electrons. The van der Waals surface area contributed by atoms with E-state index in [9.17, 15) is 9.59 Å². The van der Waals surface area contributed by atoms with E-state index in [1.165, 1.54) is 0 Å². The number of carbonyl (C=O) groups is 2. The lowest BCUT2D eigenvalue weighted by Crippen LogP contribution is -2.13. The van der Waals surface area contributed by atoms with Crippen LogP contribution >= 0.6 is 0 Å². The SMILES string of the molecule is CCCCOc1ccccc1C=C(CC(=O)OCC)C(=O)OCC. The molecular formula is C19H26O5. The molecule has 0 saturated heterocycles. The van der Waals surface area contributed by atoms with Crippen molar-refractivity contribution in [1.82, 2.24) is 0 Å². The van der Waals surface area contributed by atoms with E-state index in [0.717, 1.165) is 18.4 Å². The molecule has 0 saturated carbocycles. The maximum atomic E-state index is 12.1. The minimum absolute atomic E-state index is 0.129. The minimum atomic E-state index is -0.520. The second-order valence-corrected chi connectivity index (χ2v) is 5.11. The van der Waals surface area contributed by atoms with E-state index in [4.69, 9.17) is 14.2 Å². The fraction of sp³-hybridized carbons (Fsp3) is 0.474. The lowest BCUT2D eigenvalue weighted by atomic mass is 10.1. The molecule has 0 atom stereocenters. The summed E-state index contributed by atoms with van der Waals surface area (Å²) in [4.78, 5) is 23.9. The van der Waals surface area contributed by atoms with Gasteiger partial charge in [0.1, 0.15) is 5.75 Å². The average Bonchev–Trinajstić information content (AvgIpc) is 2.56. The van der Waals surface area contributed by atoms with Crippen LogP contribution in [0.1, 0.15) is 45.6 Å². The van der Waals surface area contributed by atoms with E-state index in [-0.39, 0.29) is 25.2 Å². The topological polar surface area (TPSA) is 61.8 Å². The summed E-state index contributed by atoms with van der Waals surface area (Å²) in [6.45, 7) is 6.66. The van der Waals surface area contributed by atoms with Gasteiger partial charge in [0.05, 0.1) is 26.2 Å². The summed E-state index contributed by atoms with van der Waals surface area (Å²) >= 11 is 0. The number of rotatable bonds is 10. The molecule has 0 fully saturated rings. The Morgan fingerprint density at radius 2 is 1.75 bits per heavy atom. The number of hydrogen-bond acceptors (Lipinski definition) is 5. The molecular weight excluding hydrogens is 308 g/mol. The zero-order valence-corrected chi connectivity index (χ0v) is 14.7. The van der Waals surface area contributed by atoms with Gasteiger partial charge in [-0.3, -0.25) is 4.79 Å². The summed E-state index contributed by atoms with van der Waals surface area (Å²) in [6.07, 6.45) is 3.49. The van der Waals surface area contributed by atoms with Gasteiger partial charge in [-0.05, 0) is 32.4 Å². The van der Waals surface area contributed by atoms with Crippen LogP contribution in [0.25, 0.3) is 6.08 Å². The zero-order valence-electron chi connectivity index (χ0n) is 14.7. The van der Waals surface area contributed by atoms with Gasteiger partial charge in [0.2, 0.25) is 0 Å². The van der Waals surface area contributed by atoms with E-state index < -0.39 is 11.9 Å². The van der Waals surface area contributed by atoms with Gasteiger partial charge in [0, 0.05) is 11.1 Å². The molecule has 0 aromatic heterocycles. The lowest BCUT2D eigenvalue weighted by Gasteiger charge is -2.11. The number of carbonyl (C=O) groups excluding carboxylic acids is 2. The molecule has 0 amide bonds. The Bertz CT molecular complexity index is 563. The summed E-state index contributed by atoms with van der Waals surface area (Å²) < 4.78 is 15.7. The number of esters is 2. The molecule has 0 aliphatic heterocycles. The van der Waals surface area contributed by atoms with Gasteiger partial charge in [0.25, 0.3) is 0 Å². The number of unbranched alkanes of at least 4 members (excludes halogenated alkanes) is 1. The molecule has 0 N–H and O–H groups in total. The fourth-order valence-electron chi connectivity index (χ4n) is 2.02. The lowest BCUT2D eigenvalue weighted by molar-refractivity contribution is -0.145. The third kappa shape index (κ3) is 6.86. The van der Waals surface area contributed by atoms with Gasteiger partial charge in [-0.25, -0.2) is 4.79 Å². The first kappa shape index (κ1) is 19.7. The number of para-hydroxylation sites is 1. The van der Waals surface area contributed by atoms with Crippen molar-refractivity contribution in [3.63, 3.8) is 0 Å². The third-order valence-corrected chi connectivity index (χ3v) is 3.18. The molecule has 0 heterocycles. The van der Waals surface area contributed by atoms with Gasteiger partial charge in [-0.2, -0.15) is 0 Å². The van der Waals surface area contributed by atoms with Crippen LogP contribution < -0.4 is 4.74 Å². The maximum Gasteiger partial charge on any atom is 0.334 e. The molecule has 1 aromatic carbocycles. The van der Waals surface area contributed by atoms with E-state index in [1.807, 2.05) is 24.3 Å². The van der Waals surface area contributed by atoms with E-state index in [2.05, 4.69) is 6.92 Å². The number of benzene rings is 1. The molecule has 5 heteroatoms. The van der Waals surface area contributed by atoms with Gasteiger partial charge >= 0.3 is 11.9 Å². The van der Waals surface area contributed by atoms with Crippen LogP contribution in [0, 0.1) is 0 Å². The zero-order chi connectivity index (χ0) is 17.8. The first-order valence-electron chi connectivity index (χ1n) is 8.37. The molecule has 5 nitrogen and oxygen atoms in total. The number of ether oxygens (including phenoxy) is 3. The number of hydrogen-bond donors (Lipinski definition) is 0. The largest absolute Gasteiger partial charge is 0.493 e. The Labute approximate surface area is 143 Å². The highest BCUT2D eigenvalue weighted by Crippen LogP contribution is 2.23. The monoisotopic (exact) mass is 334 g/mol. The van der Waals surface area contributed by atoms with Gasteiger partial charge in [-0.15, -0.1) is 0 Å². The molecule has 1 rings (SSSR count). The van der Waals surface area contributed by atoms with Crippen LogP contribution in [0.3, 0.4) is 0 Å². The summed E-state index contributed by atoms with van der Waals surface area (Å²) in [5, 5.41) is 0. The Morgan fingerprint density at radius 1 is 1.04 bits per heavy atom. The molecule has 0 bridgehead atoms. The summed E-state index contributed by atoms with van der Waals surface area (Å²) in [5.74, 6) is -0.299. The molecule has 0 spiro atoms. The second kappa shape index (κ2) is 11.3. The van der Waals surface area contributed by atoms with E-state index >= 15 is 0 Å². The van der Waals surface area contributed by atoms with Crippen molar-refractivity contribution < 1.29 is 23.8 Å². The first-order chi connectivity index (χ1) is 11.6. The normalized spacial score (nSPS) is 11.0. The quantitative estimate of drug-likeness (QED) is 0.370. The van der Waals surface area contributed by atoms with E-state index in [1.54, 1.807) is 19.9 Å². The summed E-state index contributed by atoms with van der Waals surface area (Å²) in [6, 6.07) is 7.40. The van der Waals surface area contributed by atoms with Gasteiger partial charge < -0.3 is 14.2 Å². The maximum absolute atomic E-state index is 12.1. The van der Waals surface area contributed by atoms with Crippen LogP contribution in [0.4, 0.5) is 0 Å². The Balaban J connectivity index is 3.03. The molecule has 24 heavy (non-hydrogen) atoms. The van der Waals surface area contributed by atoms with Crippen LogP contribution in [0.5, 0.6) is 5.75 Å². The first-order valence-corrected chi connectivity index (χ1v) is 8.37. The van der Waals surface area contributed by atoms with Crippen molar-refractivity contribution in [2.75, 3.05) is 19.8 Å². The van der Waals surface area contributed by atoms with Gasteiger partial charge in [0.15, 0.2) is 0 Å². The Hall–Kier alpha value is -2.30. The average molecular weight is 334 g/mol. The molecule has 0 unspecified atom stereocenters. The predicted octanol–water partition coefficient (Wildman–Crippen LogP) is 3.77. The van der Waals surface area contributed by atoms with Crippen molar-refractivity contribution in [3.05, 3.63) is 35.4 Å². The summed E-state index contributed by atoms with van der Waals surface area (Å²) in [5.41, 5.74) is 0.989. The van der Waals surface area contributed by atoms with Crippen molar-refractivity contribution in [3.8, 4) is 5.75 Å². The predicted molar refractivity (Wildman–Crippen MR) is 92.7 cm³/mol. The van der Waals surface area contributed by atoms with Crippen molar-refractivity contribution in [1.29, 1.82) is 0 Å². The molecule has 0 radical (unpaired) electrons. The highest BCUT2D eigenvalue weighted by molar-refractivity contribution is 5.98.